The van der Waals surface area contributed by atoms with Crippen LogP contribution in [0.5, 0.6) is 5.75 Å². The number of nitrogens with zero attached hydrogens (tertiary/aromatic N) is 1. The number of amides is 1. The van der Waals surface area contributed by atoms with Gasteiger partial charge < -0.3 is 15.8 Å². The van der Waals surface area contributed by atoms with Crippen molar-refractivity contribution >= 4 is 48.9 Å². The normalized spacial score (nSPS) is 13.7. The SMILES string of the molecule is COc1ccc2sc(Nc3sc4c(c3C(N)=O)CCCC4)nc2c1. The number of rotatable bonds is 4. The molecule has 0 saturated carbocycles. The lowest BCUT2D eigenvalue weighted by molar-refractivity contribution is 0.100. The maximum absolute atomic E-state index is 12.0. The Bertz CT molecular complexity index is 929. The zero-order chi connectivity index (χ0) is 16.7. The van der Waals surface area contributed by atoms with Gasteiger partial charge in [-0.15, -0.1) is 11.3 Å². The number of carbonyl (C=O) groups is 1. The molecule has 0 aliphatic heterocycles. The van der Waals surface area contributed by atoms with Gasteiger partial charge in [0.05, 0.1) is 22.9 Å². The van der Waals surface area contributed by atoms with E-state index >= 15 is 0 Å². The number of carbonyl (C=O) groups excluding carboxylic acids is 1. The Labute approximate surface area is 147 Å². The van der Waals surface area contributed by atoms with Crippen LogP contribution >= 0.6 is 22.7 Å². The monoisotopic (exact) mass is 359 g/mol. The molecule has 0 unspecified atom stereocenters. The number of nitrogens with two attached hydrogens (primary N) is 1. The highest BCUT2D eigenvalue weighted by Crippen LogP contribution is 2.40. The summed E-state index contributed by atoms with van der Waals surface area (Å²) in [5, 5.41) is 4.91. The van der Waals surface area contributed by atoms with E-state index in [0.29, 0.717) is 5.56 Å². The second kappa shape index (κ2) is 6.07. The Hall–Kier alpha value is -2.12. The van der Waals surface area contributed by atoms with E-state index in [0.717, 1.165) is 50.9 Å². The van der Waals surface area contributed by atoms with Gasteiger partial charge in [0.1, 0.15) is 10.8 Å². The number of thiophene rings is 1. The molecule has 124 valence electrons. The van der Waals surface area contributed by atoms with Gasteiger partial charge >= 0.3 is 0 Å². The summed E-state index contributed by atoms with van der Waals surface area (Å²) < 4.78 is 6.31. The molecular formula is C17H17N3O2S2. The van der Waals surface area contributed by atoms with E-state index in [9.17, 15) is 4.79 Å². The molecule has 0 saturated heterocycles. The molecular weight excluding hydrogens is 342 g/mol. The van der Waals surface area contributed by atoms with Crippen LogP contribution in [0.25, 0.3) is 10.2 Å². The summed E-state index contributed by atoms with van der Waals surface area (Å²) >= 11 is 3.19. The first-order valence-corrected chi connectivity index (χ1v) is 9.45. The van der Waals surface area contributed by atoms with Crippen molar-refractivity contribution in [2.24, 2.45) is 5.73 Å². The number of primary amides is 1. The molecule has 1 aromatic carbocycles. The summed E-state index contributed by atoms with van der Waals surface area (Å²) in [5.41, 5.74) is 8.30. The summed E-state index contributed by atoms with van der Waals surface area (Å²) in [7, 11) is 1.64. The van der Waals surface area contributed by atoms with E-state index < -0.39 is 0 Å². The molecule has 3 N–H and O–H groups in total. The minimum absolute atomic E-state index is 0.361. The number of methoxy groups -OCH3 is 1. The number of ether oxygens (including phenoxy) is 1. The molecule has 2 aromatic heterocycles. The Balaban J connectivity index is 1.72. The summed E-state index contributed by atoms with van der Waals surface area (Å²) in [6.45, 7) is 0. The van der Waals surface area contributed by atoms with Crippen molar-refractivity contribution in [3.63, 3.8) is 0 Å². The Morgan fingerprint density at radius 2 is 2.12 bits per heavy atom. The number of hydrogen-bond acceptors (Lipinski definition) is 6. The highest BCUT2D eigenvalue weighted by Gasteiger charge is 2.24. The van der Waals surface area contributed by atoms with Gasteiger partial charge in [-0.2, -0.15) is 0 Å². The maximum Gasteiger partial charge on any atom is 0.251 e. The molecule has 3 aromatic rings. The summed E-state index contributed by atoms with van der Waals surface area (Å²) in [5.74, 6) is 0.420. The number of thiazole rings is 1. The molecule has 0 spiro atoms. The molecule has 1 aliphatic rings. The zero-order valence-corrected chi connectivity index (χ0v) is 14.9. The fourth-order valence-corrected chi connectivity index (χ4v) is 5.31. The number of aryl methyl sites for hydroxylation is 1. The van der Waals surface area contributed by atoms with Crippen LogP contribution in [0.3, 0.4) is 0 Å². The van der Waals surface area contributed by atoms with E-state index in [-0.39, 0.29) is 5.91 Å². The van der Waals surface area contributed by atoms with Crippen LogP contribution in [-0.2, 0) is 12.8 Å². The number of anilines is 2. The summed E-state index contributed by atoms with van der Waals surface area (Å²) in [4.78, 5) is 17.8. The van der Waals surface area contributed by atoms with Gasteiger partial charge in [-0.3, -0.25) is 4.79 Å². The molecule has 2 heterocycles. The Kier molecular flexibility index (Phi) is 3.90. The predicted molar refractivity (Wildman–Crippen MR) is 98.9 cm³/mol. The molecule has 1 aliphatic carbocycles. The van der Waals surface area contributed by atoms with E-state index in [1.807, 2.05) is 18.2 Å². The number of nitrogens with one attached hydrogen (secondary N) is 1. The third-order valence-corrected chi connectivity index (χ3v) is 6.39. The average molecular weight is 359 g/mol. The van der Waals surface area contributed by atoms with Crippen LogP contribution in [0, 0.1) is 0 Å². The lowest BCUT2D eigenvalue weighted by Crippen LogP contribution is -2.15. The quantitative estimate of drug-likeness (QED) is 0.735. The van der Waals surface area contributed by atoms with E-state index in [1.54, 1.807) is 29.8 Å². The fourth-order valence-electron chi connectivity index (χ4n) is 3.10. The van der Waals surface area contributed by atoms with Crippen LogP contribution in [0.4, 0.5) is 10.1 Å². The second-order valence-corrected chi connectivity index (χ2v) is 7.89. The van der Waals surface area contributed by atoms with Crippen molar-refractivity contribution in [1.82, 2.24) is 4.98 Å². The van der Waals surface area contributed by atoms with E-state index in [2.05, 4.69) is 10.3 Å². The van der Waals surface area contributed by atoms with Gasteiger partial charge in [-0.25, -0.2) is 4.98 Å². The van der Waals surface area contributed by atoms with E-state index in [1.165, 1.54) is 11.3 Å². The van der Waals surface area contributed by atoms with Gasteiger partial charge in [0.2, 0.25) is 0 Å². The highest BCUT2D eigenvalue weighted by molar-refractivity contribution is 7.23. The van der Waals surface area contributed by atoms with Crippen LogP contribution in [-0.4, -0.2) is 18.0 Å². The molecule has 1 amide bonds. The van der Waals surface area contributed by atoms with Crippen LogP contribution in [0.2, 0.25) is 0 Å². The second-order valence-electron chi connectivity index (χ2n) is 5.76. The average Bonchev–Trinajstić information content (AvgIpc) is 3.13. The minimum Gasteiger partial charge on any atom is -0.497 e. The molecule has 24 heavy (non-hydrogen) atoms. The van der Waals surface area contributed by atoms with Crippen molar-refractivity contribution in [2.45, 2.75) is 25.7 Å². The molecule has 4 rings (SSSR count). The summed E-state index contributed by atoms with van der Waals surface area (Å²) in [6.07, 6.45) is 4.25. The molecule has 0 fully saturated rings. The molecule has 0 atom stereocenters. The number of fused-ring (bicyclic) bond motifs is 2. The number of aromatic nitrogens is 1. The molecule has 0 bridgehead atoms. The summed E-state index contributed by atoms with van der Waals surface area (Å²) in [6, 6.07) is 5.82. The van der Waals surface area contributed by atoms with Crippen molar-refractivity contribution in [1.29, 1.82) is 0 Å². The Morgan fingerprint density at radius 1 is 1.29 bits per heavy atom. The van der Waals surface area contributed by atoms with Gasteiger partial charge in [0.15, 0.2) is 5.13 Å². The maximum atomic E-state index is 12.0. The van der Waals surface area contributed by atoms with Gasteiger partial charge in [0, 0.05) is 10.9 Å². The lowest BCUT2D eigenvalue weighted by Gasteiger charge is -2.11. The molecule has 0 radical (unpaired) electrons. The zero-order valence-electron chi connectivity index (χ0n) is 13.2. The smallest absolute Gasteiger partial charge is 0.251 e. The molecule has 5 nitrogen and oxygen atoms in total. The number of benzene rings is 1. The van der Waals surface area contributed by atoms with Gasteiger partial charge in [-0.1, -0.05) is 11.3 Å². The highest BCUT2D eigenvalue weighted by atomic mass is 32.1. The van der Waals surface area contributed by atoms with Crippen LogP contribution in [0.15, 0.2) is 18.2 Å². The fraction of sp³-hybridized carbons (Fsp3) is 0.294. The Morgan fingerprint density at radius 3 is 2.92 bits per heavy atom. The topological polar surface area (TPSA) is 77.2 Å². The third-order valence-electron chi connectivity index (χ3n) is 4.23. The largest absolute Gasteiger partial charge is 0.497 e. The van der Waals surface area contributed by atoms with Gasteiger partial charge in [0.25, 0.3) is 5.91 Å². The van der Waals surface area contributed by atoms with Crippen molar-refractivity contribution in [3.8, 4) is 5.75 Å². The van der Waals surface area contributed by atoms with E-state index in [4.69, 9.17) is 10.5 Å². The number of hydrogen-bond donors (Lipinski definition) is 2. The minimum atomic E-state index is -0.361. The van der Waals surface area contributed by atoms with Crippen molar-refractivity contribution < 1.29 is 9.53 Å². The first kappa shape index (κ1) is 15.4. The van der Waals surface area contributed by atoms with Crippen LogP contribution in [0.1, 0.15) is 33.6 Å². The lowest BCUT2D eigenvalue weighted by atomic mass is 9.95. The first-order valence-electron chi connectivity index (χ1n) is 7.81. The predicted octanol–water partition coefficient (Wildman–Crippen LogP) is 4.09. The van der Waals surface area contributed by atoms with Crippen LogP contribution < -0.4 is 15.8 Å². The van der Waals surface area contributed by atoms with Crippen molar-refractivity contribution in [3.05, 3.63) is 34.2 Å². The van der Waals surface area contributed by atoms with Gasteiger partial charge in [-0.05, 0) is 43.4 Å². The first-order chi connectivity index (χ1) is 11.7. The van der Waals surface area contributed by atoms with Crippen molar-refractivity contribution in [2.75, 3.05) is 12.4 Å². The molecule has 7 heteroatoms. The third kappa shape index (κ3) is 2.63. The standard InChI is InChI=1S/C17H17N3O2S2/c1-22-9-6-7-13-11(8-9)19-17(24-13)20-16-14(15(18)21)10-4-2-3-5-12(10)23-16/h6-8H,2-5H2,1H3,(H2,18,21)(H,19,20).